The molecule has 0 bridgehead atoms. The molecule has 0 unspecified atom stereocenters. The number of benzene rings is 1. The summed E-state index contributed by atoms with van der Waals surface area (Å²) in [5, 5.41) is 0. The third-order valence-electron chi connectivity index (χ3n) is 4.70. The quantitative estimate of drug-likeness (QED) is 0.851. The van der Waals surface area contributed by atoms with E-state index in [-0.39, 0.29) is 24.1 Å². The van der Waals surface area contributed by atoms with E-state index in [1.807, 2.05) is 43.0 Å². The van der Waals surface area contributed by atoms with Crippen LogP contribution < -0.4 is 5.56 Å². The van der Waals surface area contributed by atoms with Crippen LogP contribution in [0.1, 0.15) is 27.2 Å². The number of aromatic nitrogens is 2. The molecule has 1 saturated carbocycles. The van der Waals surface area contributed by atoms with Crippen LogP contribution in [0.4, 0.5) is 0 Å². The van der Waals surface area contributed by atoms with Crippen LogP contribution in [0, 0.1) is 11.8 Å². The van der Waals surface area contributed by atoms with E-state index in [0.29, 0.717) is 17.4 Å². The van der Waals surface area contributed by atoms with Crippen molar-refractivity contribution in [1.82, 2.24) is 14.5 Å². The first kappa shape index (κ1) is 15.7. The fraction of sp³-hybridized carbons (Fsp3) is 0.500. The van der Waals surface area contributed by atoms with E-state index in [1.165, 1.54) is 17.2 Å². The van der Waals surface area contributed by atoms with Crippen LogP contribution in [0.2, 0.25) is 0 Å². The van der Waals surface area contributed by atoms with Crippen LogP contribution in [0.25, 0.3) is 11.0 Å². The molecule has 0 spiro atoms. The number of para-hydroxylation sites is 2. The fourth-order valence-corrected chi connectivity index (χ4v) is 3.01. The highest BCUT2D eigenvalue weighted by atomic mass is 16.2. The maximum absolute atomic E-state index is 12.8. The van der Waals surface area contributed by atoms with Crippen LogP contribution >= 0.6 is 0 Å². The van der Waals surface area contributed by atoms with Gasteiger partial charge in [0.1, 0.15) is 6.54 Å². The zero-order valence-corrected chi connectivity index (χ0v) is 13.9. The minimum absolute atomic E-state index is 0.00227. The van der Waals surface area contributed by atoms with Crippen molar-refractivity contribution < 1.29 is 4.79 Å². The highest BCUT2D eigenvalue weighted by Crippen LogP contribution is 2.38. The smallest absolute Gasteiger partial charge is 0.269 e. The van der Waals surface area contributed by atoms with Gasteiger partial charge in [0.2, 0.25) is 5.91 Å². The van der Waals surface area contributed by atoms with Crippen molar-refractivity contribution in [1.29, 1.82) is 0 Å². The second-order valence-corrected chi connectivity index (χ2v) is 6.78. The molecule has 1 amide bonds. The molecule has 1 aliphatic carbocycles. The first-order chi connectivity index (χ1) is 11.0. The van der Waals surface area contributed by atoms with E-state index in [0.717, 1.165) is 12.1 Å². The first-order valence-electron chi connectivity index (χ1n) is 8.21. The van der Waals surface area contributed by atoms with Crippen molar-refractivity contribution in [2.45, 2.75) is 39.8 Å². The molecule has 0 N–H and O–H groups in total. The SMILES string of the molecule is CC(C)N(C[C@@H]1C[C@H]1C)C(=O)Cn1c(=O)cnc2ccccc21. The molecule has 0 saturated heterocycles. The average Bonchev–Trinajstić information content (AvgIpc) is 3.22. The number of carbonyl (C=O) groups excluding carboxylic acids is 1. The molecule has 2 aromatic rings. The summed E-state index contributed by atoms with van der Waals surface area (Å²) in [5.41, 5.74) is 1.20. The Morgan fingerprint density at radius 3 is 2.74 bits per heavy atom. The summed E-state index contributed by atoms with van der Waals surface area (Å²) in [5.74, 6) is 1.30. The summed E-state index contributed by atoms with van der Waals surface area (Å²) in [6, 6.07) is 7.55. The number of carbonyl (C=O) groups is 1. The summed E-state index contributed by atoms with van der Waals surface area (Å²) in [4.78, 5) is 31.0. The molecular weight excluding hydrogens is 290 g/mol. The Morgan fingerprint density at radius 1 is 1.39 bits per heavy atom. The molecule has 122 valence electrons. The lowest BCUT2D eigenvalue weighted by molar-refractivity contribution is -0.133. The molecule has 1 fully saturated rings. The monoisotopic (exact) mass is 313 g/mol. The number of hydrogen-bond acceptors (Lipinski definition) is 3. The predicted molar refractivity (Wildman–Crippen MR) is 90.1 cm³/mol. The zero-order chi connectivity index (χ0) is 16.6. The Labute approximate surface area is 135 Å². The van der Waals surface area contributed by atoms with Crippen molar-refractivity contribution in [2.24, 2.45) is 11.8 Å². The van der Waals surface area contributed by atoms with Crippen molar-refractivity contribution in [3.05, 3.63) is 40.8 Å². The Balaban J connectivity index is 1.86. The summed E-state index contributed by atoms with van der Waals surface area (Å²) in [6.45, 7) is 7.13. The van der Waals surface area contributed by atoms with Crippen LogP contribution in [-0.2, 0) is 11.3 Å². The molecule has 0 radical (unpaired) electrons. The number of hydrogen-bond donors (Lipinski definition) is 0. The molecule has 1 aromatic heterocycles. The summed E-state index contributed by atoms with van der Waals surface area (Å²) >= 11 is 0. The van der Waals surface area contributed by atoms with Gasteiger partial charge in [-0.3, -0.25) is 14.2 Å². The van der Waals surface area contributed by atoms with Gasteiger partial charge < -0.3 is 4.90 Å². The summed E-state index contributed by atoms with van der Waals surface area (Å²) in [7, 11) is 0. The Morgan fingerprint density at radius 2 is 2.09 bits per heavy atom. The van der Waals surface area contributed by atoms with E-state index < -0.39 is 0 Å². The second-order valence-electron chi connectivity index (χ2n) is 6.78. The number of nitrogens with zero attached hydrogens (tertiary/aromatic N) is 3. The molecule has 23 heavy (non-hydrogen) atoms. The molecule has 3 rings (SSSR count). The third kappa shape index (κ3) is 3.28. The van der Waals surface area contributed by atoms with Crippen LogP contribution in [0.5, 0.6) is 0 Å². The normalized spacial score (nSPS) is 20.0. The van der Waals surface area contributed by atoms with Crippen LogP contribution in [0.3, 0.4) is 0 Å². The van der Waals surface area contributed by atoms with Gasteiger partial charge in [-0.15, -0.1) is 0 Å². The molecule has 0 aliphatic heterocycles. The second kappa shape index (κ2) is 6.14. The van der Waals surface area contributed by atoms with E-state index in [2.05, 4.69) is 11.9 Å². The maximum Gasteiger partial charge on any atom is 0.269 e. The summed E-state index contributed by atoms with van der Waals surface area (Å²) < 4.78 is 1.52. The fourth-order valence-electron chi connectivity index (χ4n) is 3.01. The van der Waals surface area contributed by atoms with Gasteiger partial charge in [-0.05, 0) is 44.2 Å². The Bertz CT molecular complexity index is 781. The summed E-state index contributed by atoms with van der Waals surface area (Å²) in [6.07, 6.45) is 2.48. The van der Waals surface area contributed by atoms with Gasteiger partial charge in [0.15, 0.2) is 0 Å². The van der Waals surface area contributed by atoms with Crippen molar-refractivity contribution in [3.63, 3.8) is 0 Å². The minimum atomic E-state index is -0.236. The third-order valence-corrected chi connectivity index (χ3v) is 4.70. The van der Waals surface area contributed by atoms with Gasteiger partial charge >= 0.3 is 0 Å². The molecule has 5 heteroatoms. The van der Waals surface area contributed by atoms with E-state index in [9.17, 15) is 9.59 Å². The molecular formula is C18H23N3O2. The average molecular weight is 313 g/mol. The van der Waals surface area contributed by atoms with Crippen molar-refractivity contribution >= 4 is 16.9 Å². The van der Waals surface area contributed by atoms with Crippen LogP contribution in [0.15, 0.2) is 35.3 Å². The molecule has 1 aliphatic rings. The van der Waals surface area contributed by atoms with Gasteiger partial charge in [-0.1, -0.05) is 19.1 Å². The highest BCUT2D eigenvalue weighted by Gasteiger charge is 2.35. The number of fused-ring (bicyclic) bond motifs is 1. The molecule has 1 heterocycles. The van der Waals surface area contributed by atoms with Crippen molar-refractivity contribution in [3.8, 4) is 0 Å². The highest BCUT2D eigenvalue weighted by molar-refractivity contribution is 5.80. The molecule has 2 atom stereocenters. The van der Waals surface area contributed by atoms with Gasteiger partial charge in [0, 0.05) is 12.6 Å². The topological polar surface area (TPSA) is 55.2 Å². The predicted octanol–water partition coefficient (Wildman–Crippen LogP) is 2.29. The largest absolute Gasteiger partial charge is 0.338 e. The zero-order valence-electron chi connectivity index (χ0n) is 13.9. The van der Waals surface area contributed by atoms with E-state index in [1.54, 1.807) is 0 Å². The van der Waals surface area contributed by atoms with Crippen LogP contribution in [-0.4, -0.2) is 32.9 Å². The van der Waals surface area contributed by atoms with Gasteiger partial charge in [0.25, 0.3) is 5.56 Å². The standard InChI is InChI=1S/C18H23N3O2/c1-12(2)20(10-14-8-13(14)3)18(23)11-21-16-7-5-4-6-15(16)19-9-17(21)22/h4-7,9,12-14H,8,10-11H2,1-3H3/t13-,14+/m1/s1. The number of rotatable bonds is 5. The minimum Gasteiger partial charge on any atom is -0.338 e. The molecule has 5 nitrogen and oxygen atoms in total. The maximum atomic E-state index is 12.8. The van der Waals surface area contributed by atoms with Gasteiger partial charge in [0.05, 0.1) is 17.2 Å². The molecule has 1 aromatic carbocycles. The lowest BCUT2D eigenvalue weighted by Crippen LogP contribution is -2.42. The Kier molecular flexibility index (Phi) is 4.20. The van der Waals surface area contributed by atoms with E-state index >= 15 is 0 Å². The lowest BCUT2D eigenvalue weighted by Gasteiger charge is -2.27. The van der Waals surface area contributed by atoms with Gasteiger partial charge in [-0.25, -0.2) is 4.98 Å². The number of amides is 1. The Hall–Kier alpha value is -2.17. The van der Waals surface area contributed by atoms with Crippen molar-refractivity contribution in [2.75, 3.05) is 6.54 Å². The van der Waals surface area contributed by atoms with Gasteiger partial charge in [-0.2, -0.15) is 0 Å². The van der Waals surface area contributed by atoms with E-state index in [4.69, 9.17) is 0 Å². The lowest BCUT2D eigenvalue weighted by atomic mass is 10.2. The first-order valence-corrected chi connectivity index (χ1v) is 8.21.